The molecule has 13 nitrogen and oxygen atoms in total. The third-order valence-corrected chi connectivity index (χ3v) is 3.99. The average Bonchev–Trinajstić information content (AvgIpc) is 2.60. The third-order valence-electron chi connectivity index (χ3n) is 3.99. The second-order valence-corrected chi connectivity index (χ2v) is 7.29. The summed E-state index contributed by atoms with van der Waals surface area (Å²) in [6, 6.07) is 0. The van der Waals surface area contributed by atoms with Crippen LogP contribution in [0.1, 0.15) is 46.5 Å². The molecule has 0 aliphatic heterocycles. The fourth-order valence-corrected chi connectivity index (χ4v) is 2.63. The maximum Gasteiger partial charge on any atom is 0.475 e. The highest BCUT2D eigenvalue weighted by Crippen LogP contribution is 2.15. The molecule has 0 spiro atoms. The third kappa shape index (κ3) is 16.0. The molecule has 31 heavy (non-hydrogen) atoms. The molecule has 15 heteroatoms. The van der Waals surface area contributed by atoms with Crippen LogP contribution in [-0.2, 0) is 14.4 Å². The van der Waals surface area contributed by atoms with Crippen molar-refractivity contribution in [3.63, 3.8) is 0 Å². The molecule has 0 bridgehead atoms. The van der Waals surface area contributed by atoms with E-state index in [-0.39, 0.29) is 61.9 Å². The van der Waals surface area contributed by atoms with Gasteiger partial charge in [0.15, 0.2) is 10.8 Å². The lowest BCUT2D eigenvalue weighted by Crippen LogP contribution is -2.49. The molecule has 178 valence electrons. The topological polar surface area (TPSA) is 209 Å². The van der Waals surface area contributed by atoms with E-state index in [0.717, 1.165) is 0 Å². The van der Waals surface area contributed by atoms with Crippen molar-refractivity contribution in [2.24, 2.45) is 22.6 Å². The summed E-state index contributed by atoms with van der Waals surface area (Å²) in [6.07, 6.45) is 0.642. The van der Waals surface area contributed by atoms with Crippen LogP contribution in [0.3, 0.4) is 0 Å². The SMILES string of the molecule is CC(=O)NCC(=O)C[C@@H](CCCN=C(N)N[N+](=O)[O-])C(=O)N[C@@H](CC(C)C)B(O)O.Cl. The highest BCUT2D eigenvalue weighted by atomic mass is 35.5. The summed E-state index contributed by atoms with van der Waals surface area (Å²) < 4.78 is 0. The first kappa shape index (κ1) is 30.7. The summed E-state index contributed by atoms with van der Waals surface area (Å²) in [7, 11) is -1.76. The highest BCUT2D eigenvalue weighted by Gasteiger charge is 2.29. The number of hydrogen-bond donors (Lipinski definition) is 6. The Morgan fingerprint density at radius 2 is 1.87 bits per heavy atom. The van der Waals surface area contributed by atoms with Crippen LogP contribution in [0.15, 0.2) is 4.99 Å². The number of nitro groups is 1. The number of hydrazine groups is 1. The first-order chi connectivity index (χ1) is 13.9. The van der Waals surface area contributed by atoms with E-state index in [1.54, 1.807) is 5.43 Å². The van der Waals surface area contributed by atoms with Gasteiger partial charge in [0.05, 0.1) is 12.5 Å². The van der Waals surface area contributed by atoms with E-state index in [1.807, 2.05) is 13.8 Å². The number of nitrogens with one attached hydrogen (secondary N) is 3. The van der Waals surface area contributed by atoms with Crippen LogP contribution in [0.2, 0.25) is 0 Å². The second kappa shape index (κ2) is 16.3. The van der Waals surface area contributed by atoms with E-state index in [2.05, 4.69) is 15.6 Å². The van der Waals surface area contributed by atoms with Crippen LogP contribution in [0.25, 0.3) is 0 Å². The number of guanidine groups is 1. The predicted molar refractivity (Wildman–Crippen MR) is 116 cm³/mol. The zero-order chi connectivity index (χ0) is 23.3. The van der Waals surface area contributed by atoms with Crippen molar-refractivity contribution in [3.05, 3.63) is 10.1 Å². The minimum Gasteiger partial charge on any atom is -0.426 e. The van der Waals surface area contributed by atoms with Crippen molar-refractivity contribution >= 4 is 43.1 Å². The molecule has 0 unspecified atom stereocenters. The molecule has 0 saturated heterocycles. The lowest BCUT2D eigenvalue weighted by atomic mass is 9.74. The largest absolute Gasteiger partial charge is 0.475 e. The Morgan fingerprint density at radius 3 is 2.35 bits per heavy atom. The number of nitrogens with two attached hydrogens (primary N) is 1. The Labute approximate surface area is 187 Å². The van der Waals surface area contributed by atoms with Crippen LogP contribution in [0.5, 0.6) is 0 Å². The molecule has 2 amide bonds. The van der Waals surface area contributed by atoms with Gasteiger partial charge in [-0.2, -0.15) is 0 Å². The van der Waals surface area contributed by atoms with E-state index in [4.69, 9.17) is 5.73 Å². The zero-order valence-electron chi connectivity index (χ0n) is 17.9. The molecule has 0 saturated carbocycles. The molecule has 0 aromatic heterocycles. The average molecular weight is 467 g/mol. The molecular formula is C16H32BClN6O7. The fourth-order valence-electron chi connectivity index (χ4n) is 2.63. The monoisotopic (exact) mass is 466 g/mol. The van der Waals surface area contributed by atoms with Crippen molar-refractivity contribution in [1.82, 2.24) is 16.1 Å². The number of nitrogens with zero attached hydrogens (tertiary/aromatic N) is 2. The number of rotatable bonds is 14. The molecule has 0 rings (SSSR count). The summed E-state index contributed by atoms with van der Waals surface area (Å²) in [6.45, 7) is 4.83. The standard InChI is InChI=1S/C16H31BN6O7.ClH/c1-10(2)7-14(17(27)28)21-15(26)12(8-13(25)9-20-11(3)24)5-4-6-19-16(18)22-23(29)30;/h10,12,14,27-28H,4-9H2,1-3H3,(H,20,24)(H,21,26)(H3,18,19,22);1H/t12-,14+;/m1./s1. The summed E-state index contributed by atoms with van der Waals surface area (Å²) >= 11 is 0. The van der Waals surface area contributed by atoms with Crippen LogP contribution in [0, 0.1) is 22.0 Å². The van der Waals surface area contributed by atoms with Gasteiger partial charge in [-0.1, -0.05) is 19.3 Å². The number of amides is 2. The van der Waals surface area contributed by atoms with Gasteiger partial charge in [-0.25, -0.2) is 15.1 Å². The van der Waals surface area contributed by atoms with E-state index < -0.39 is 29.9 Å². The van der Waals surface area contributed by atoms with Crippen LogP contribution in [0.4, 0.5) is 0 Å². The van der Waals surface area contributed by atoms with Crippen molar-refractivity contribution in [2.45, 2.75) is 52.4 Å². The quantitative estimate of drug-likeness (QED) is 0.0440. The number of hydrogen-bond acceptors (Lipinski definition) is 8. The Bertz CT molecular complexity index is 636. The van der Waals surface area contributed by atoms with Crippen molar-refractivity contribution in [1.29, 1.82) is 0 Å². The number of carbonyl (C=O) groups is 3. The maximum atomic E-state index is 12.7. The van der Waals surface area contributed by atoms with Gasteiger partial charge in [-0.05, 0) is 25.2 Å². The maximum absolute atomic E-state index is 12.7. The predicted octanol–water partition coefficient (Wildman–Crippen LogP) is -1.46. The Kier molecular flexibility index (Phi) is 16.1. The van der Waals surface area contributed by atoms with Crippen LogP contribution < -0.4 is 21.8 Å². The number of aliphatic imine (C=N–C) groups is 1. The van der Waals surface area contributed by atoms with Gasteiger partial charge in [0.2, 0.25) is 11.8 Å². The lowest BCUT2D eigenvalue weighted by molar-refractivity contribution is -0.525. The number of carbonyl (C=O) groups excluding carboxylic acids is 3. The molecule has 0 aromatic carbocycles. The van der Waals surface area contributed by atoms with Gasteiger partial charge in [0.25, 0.3) is 5.96 Å². The first-order valence-corrected chi connectivity index (χ1v) is 9.56. The molecule has 0 aromatic rings. The van der Waals surface area contributed by atoms with Gasteiger partial charge >= 0.3 is 7.12 Å². The molecule has 0 aliphatic carbocycles. The minimum atomic E-state index is -1.76. The molecule has 7 N–H and O–H groups in total. The first-order valence-electron chi connectivity index (χ1n) is 9.56. The van der Waals surface area contributed by atoms with Crippen LogP contribution in [-0.4, -0.2) is 64.8 Å². The molecule has 2 atom stereocenters. The summed E-state index contributed by atoms with van der Waals surface area (Å²) in [4.78, 5) is 49.7. The molecule has 0 fully saturated rings. The van der Waals surface area contributed by atoms with Crippen molar-refractivity contribution in [3.8, 4) is 0 Å². The summed E-state index contributed by atoms with van der Waals surface area (Å²) in [5.41, 5.74) is 7.00. The Morgan fingerprint density at radius 1 is 1.26 bits per heavy atom. The highest BCUT2D eigenvalue weighted by molar-refractivity contribution is 6.43. The van der Waals surface area contributed by atoms with Gasteiger partial charge in [-0.3, -0.25) is 14.4 Å². The van der Waals surface area contributed by atoms with E-state index in [9.17, 15) is 34.5 Å². The smallest absolute Gasteiger partial charge is 0.426 e. The van der Waals surface area contributed by atoms with Crippen LogP contribution >= 0.6 is 12.4 Å². The molecule has 0 aliphatic rings. The van der Waals surface area contributed by atoms with E-state index in [0.29, 0.717) is 12.8 Å². The van der Waals surface area contributed by atoms with E-state index in [1.165, 1.54) is 6.92 Å². The van der Waals surface area contributed by atoms with Crippen molar-refractivity contribution < 1.29 is 29.5 Å². The second-order valence-electron chi connectivity index (χ2n) is 7.29. The Balaban J connectivity index is 0. The number of halogens is 1. The summed E-state index contributed by atoms with van der Waals surface area (Å²) in [5.74, 6) is -3.29. The zero-order valence-corrected chi connectivity index (χ0v) is 18.7. The van der Waals surface area contributed by atoms with Gasteiger partial charge in [0, 0.05) is 25.8 Å². The molecular weight excluding hydrogens is 434 g/mol. The van der Waals surface area contributed by atoms with Gasteiger partial charge < -0.3 is 26.4 Å². The summed E-state index contributed by atoms with van der Waals surface area (Å²) in [5, 5.41) is 33.3. The van der Waals surface area contributed by atoms with Gasteiger partial charge in [0.1, 0.15) is 0 Å². The van der Waals surface area contributed by atoms with E-state index >= 15 is 0 Å². The number of ketones is 1. The molecule has 0 radical (unpaired) electrons. The Hall–Kier alpha value is -2.45. The fraction of sp³-hybridized carbons (Fsp3) is 0.750. The molecule has 0 heterocycles. The van der Waals surface area contributed by atoms with Gasteiger partial charge in [-0.15, -0.1) is 12.4 Å². The lowest BCUT2D eigenvalue weighted by Gasteiger charge is -2.23. The number of Topliss-reactive ketones (excluding diaryl/α,β-unsaturated/α-hetero) is 1. The van der Waals surface area contributed by atoms with Crippen molar-refractivity contribution in [2.75, 3.05) is 13.1 Å². The minimum absolute atomic E-state index is 0. The normalized spacial score (nSPS) is 12.9.